The molecular formula is C9H7Cl2FO2. The third-order valence-electron chi connectivity index (χ3n) is 1.61. The summed E-state index contributed by atoms with van der Waals surface area (Å²) in [4.78, 5) is 11.1. The Morgan fingerprint density at radius 1 is 1.43 bits per heavy atom. The Balaban J connectivity index is 3.24. The Kier molecular flexibility index (Phi) is 3.72. The molecule has 1 aromatic carbocycles. The van der Waals surface area contributed by atoms with Gasteiger partial charge in [0.1, 0.15) is 5.75 Å². The molecule has 0 amide bonds. The molecule has 0 aliphatic rings. The van der Waals surface area contributed by atoms with Crippen molar-refractivity contribution in [2.75, 3.05) is 6.86 Å². The van der Waals surface area contributed by atoms with Crippen LogP contribution in [0.5, 0.6) is 5.75 Å². The highest BCUT2D eigenvalue weighted by atomic mass is 35.5. The van der Waals surface area contributed by atoms with Crippen molar-refractivity contribution in [3.8, 4) is 5.75 Å². The Bertz CT molecular complexity index is 366. The number of halogens is 3. The Morgan fingerprint density at radius 2 is 2.00 bits per heavy atom. The summed E-state index contributed by atoms with van der Waals surface area (Å²) in [7, 11) is 0. The van der Waals surface area contributed by atoms with E-state index in [9.17, 15) is 9.18 Å². The zero-order valence-corrected chi connectivity index (χ0v) is 8.82. The van der Waals surface area contributed by atoms with Crippen LogP contribution in [0.3, 0.4) is 0 Å². The van der Waals surface area contributed by atoms with Gasteiger partial charge in [-0.25, -0.2) is 4.39 Å². The number of carbonyl (C=O) groups excluding carboxylic acids is 1. The van der Waals surface area contributed by atoms with E-state index in [1.54, 1.807) is 0 Å². The highest BCUT2D eigenvalue weighted by molar-refractivity contribution is 6.42. The second kappa shape index (κ2) is 4.62. The van der Waals surface area contributed by atoms with Crippen LogP contribution in [-0.2, 0) is 0 Å². The molecule has 1 aromatic rings. The number of ketones is 1. The number of alkyl halides is 1. The van der Waals surface area contributed by atoms with Gasteiger partial charge >= 0.3 is 0 Å². The summed E-state index contributed by atoms with van der Waals surface area (Å²) < 4.78 is 16.5. The maximum atomic E-state index is 11.9. The monoisotopic (exact) mass is 236 g/mol. The first-order chi connectivity index (χ1) is 6.56. The van der Waals surface area contributed by atoms with Gasteiger partial charge < -0.3 is 4.74 Å². The van der Waals surface area contributed by atoms with Crippen molar-refractivity contribution in [2.45, 2.75) is 6.92 Å². The molecule has 0 aliphatic carbocycles. The van der Waals surface area contributed by atoms with Crippen LogP contribution in [0.25, 0.3) is 0 Å². The molecule has 0 atom stereocenters. The van der Waals surface area contributed by atoms with Crippen LogP contribution in [0.1, 0.15) is 17.3 Å². The minimum absolute atomic E-state index is 0.106. The topological polar surface area (TPSA) is 26.3 Å². The van der Waals surface area contributed by atoms with E-state index in [2.05, 4.69) is 4.74 Å². The maximum absolute atomic E-state index is 11.9. The molecule has 0 saturated carbocycles. The van der Waals surface area contributed by atoms with Crippen molar-refractivity contribution in [1.29, 1.82) is 0 Å². The minimum atomic E-state index is -1.02. The first-order valence-electron chi connectivity index (χ1n) is 3.75. The lowest BCUT2D eigenvalue weighted by atomic mass is 10.1. The Morgan fingerprint density at radius 3 is 2.50 bits per heavy atom. The summed E-state index contributed by atoms with van der Waals surface area (Å²) in [6, 6.07) is 2.68. The molecule has 0 unspecified atom stereocenters. The molecule has 2 nitrogen and oxygen atoms in total. The van der Waals surface area contributed by atoms with E-state index in [4.69, 9.17) is 23.2 Å². The van der Waals surface area contributed by atoms with Crippen molar-refractivity contribution in [3.63, 3.8) is 0 Å². The third kappa shape index (κ3) is 2.36. The number of benzene rings is 1. The SMILES string of the molecule is CC(=O)c1cc(Cl)c(Cl)cc1OCF. The first kappa shape index (κ1) is 11.3. The molecule has 0 radical (unpaired) electrons. The van der Waals surface area contributed by atoms with Gasteiger partial charge in [0.2, 0.25) is 6.86 Å². The molecule has 0 aliphatic heterocycles. The van der Waals surface area contributed by atoms with Crippen molar-refractivity contribution in [3.05, 3.63) is 27.7 Å². The second-order valence-corrected chi connectivity index (χ2v) is 3.39. The smallest absolute Gasteiger partial charge is 0.228 e. The molecule has 0 aromatic heterocycles. The van der Waals surface area contributed by atoms with Crippen molar-refractivity contribution < 1.29 is 13.9 Å². The van der Waals surface area contributed by atoms with E-state index in [1.165, 1.54) is 19.1 Å². The lowest BCUT2D eigenvalue weighted by molar-refractivity contribution is 0.101. The summed E-state index contributed by atoms with van der Waals surface area (Å²) >= 11 is 11.4. The van der Waals surface area contributed by atoms with Gasteiger partial charge in [0.25, 0.3) is 0 Å². The van der Waals surface area contributed by atoms with Gasteiger partial charge in [0.05, 0.1) is 15.6 Å². The minimum Gasteiger partial charge on any atom is -0.462 e. The van der Waals surface area contributed by atoms with Crippen LogP contribution in [0, 0.1) is 0 Å². The van der Waals surface area contributed by atoms with Gasteiger partial charge in [-0.3, -0.25) is 4.79 Å². The zero-order valence-electron chi connectivity index (χ0n) is 7.31. The predicted molar refractivity (Wildman–Crippen MR) is 53.1 cm³/mol. The highest BCUT2D eigenvalue weighted by Gasteiger charge is 2.12. The molecule has 0 heterocycles. The van der Waals surface area contributed by atoms with Crippen LogP contribution in [0.15, 0.2) is 12.1 Å². The van der Waals surface area contributed by atoms with Gasteiger partial charge in [0.15, 0.2) is 5.78 Å². The van der Waals surface area contributed by atoms with E-state index in [0.29, 0.717) is 0 Å². The van der Waals surface area contributed by atoms with Crippen molar-refractivity contribution in [1.82, 2.24) is 0 Å². The van der Waals surface area contributed by atoms with Crippen LogP contribution in [0.2, 0.25) is 10.0 Å². The molecule has 0 fully saturated rings. The summed E-state index contributed by atoms with van der Waals surface area (Å²) in [6.07, 6.45) is 0. The molecule has 0 N–H and O–H groups in total. The van der Waals surface area contributed by atoms with Crippen LogP contribution in [-0.4, -0.2) is 12.6 Å². The van der Waals surface area contributed by atoms with Gasteiger partial charge in [0, 0.05) is 6.07 Å². The van der Waals surface area contributed by atoms with Gasteiger partial charge in [-0.1, -0.05) is 23.2 Å². The van der Waals surface area contributed by atoms with Crippen molar-refractivity contribution in [2.24, 2.45) is 0 Å². The first-order valence-corrected chi connectivity index (χ1v) is 4.50. The number of rotatable bonds is 3. The van der Waals surface area contributed by atoms with E-state index in [1.807, 2.05) is 0 Å². The highest BCUT2D eigenvalue weighted by Crippen LogP contribution is 2.30. The summed E-state index contributed by atoms with van der Waals surface area (Å²) in [5, 5.41) is 0.461. The normalized spacial score (nSPS) is 10.0. The predicted octanol–water partition coefficient (Wildman–Crippen LogP) is 3.50. The van der Waals surface area contributed by atoms with E-state index in [0.717, 1.165) is 0 Å². The molecule has 1 rings (SSSR count). The number of carbonyl (C=O) groups is 1. The lowest BCUT2D eigenvalue weighted by Crippen LogP contribution is -2.00. The van der Waals surface area contributed by atoms with Crippen LogP contribution >= 0.6 is 23.2 Å². The van der Waals surface area contributed by atoms with E-state index < -0.39 is 6.86 Å². The van der Waals surface area contributed by atoms with E-state index >= 15 is 0 Å². The standard InChI is InChI=1S/C9H7Cl2FO2/c1-5(13)6-2-7(10)8(11)3-9(6)14-4-12/h2-3H,4H2,1H3. The second-order valence-electron chi connectivity index (χ2n) is 2.57. The largest absolute Gasteiger partial charge is 0.462 e. The van der Waals surface area contributed by atoms with E-state index in [-0.39, 0.29) is 27.1 Å². The van der Waals surface area contributed by atoms with Gasteiger partial charge in [-0.05, 0) is 13.0 Å². The summed E-state index contributed by atoms with van der Waals surface area (Å²) in [5.74, 6) is -0.151. The molecule has 14 heavy (non-hydrogen) atoms. The van der Waals surface area contributed by atoms with Crippen molar-refractivity contribution >= 4 is 29.0 Å². The number of hydrogen-bond acceptors (Lipinski definition) is 2. The van der Waals surface area contributed by atoms with Crippen LogP contribution < -0.4 is 4.74 Å². The molecule has 0 spiro atoms. The molecule has 0 bridgehead atoms. The molecule has 76 valence electrons. The number of hydrogen-bond donors (Lipinski definition) is 0. The van der Waals surface area contributed by atoms with Crippen LogP contribution in [0.4, 0.5) is 4.39 Å². The average Bonchev–Trinajstić information content (AvgIpc) is 2.11. The molecular weight excluding hydrogens is 230 g/mol. The molecule has 5 heteroatoms. The fourth-order valence-electron chi connectivity index (χ4n) is 0.982. The Labute approximate surface area is 90.6 Å². The Hall–Kier alpha value is -0.800. The summed E-state index contributed by atoms with van der Waals surface area (Å²) in [5.41, 5.74) is 0.219. The zero-order chi connectivity index (χ0) is 10.7. The summed E-state index contributed by atoms with van der Waals surface area (Å²) in [6.45, 7) is 0.322. The fraction of sp³-hybridized carbons (Fsp3) is 0.222. The maximum Gasteiger partial charge on any atom is 0.228 e. The third-order valence-corrected chi connectivity index (χ3v) is 2.33. The molecule has 0 saturated heterocycles. The number of ether oxygens (including phenoxy) is 1. The quantitative estimate of drug-likeness (QED) is 0.752. The van der Waals surface area contributed by atoms with Gasteiger partial charge in [-0.2, -0.15) is 0 Å². The number of Topliss-reactive ketones (excluding diaryl/α,β-unsaturated/α-hetero) is 1. The van der Waals surface area contributed by atoms with Gasteiger partial charge in [-0.15, -0.1) is 0 Å². The average molecular weight is 237 g/mol. The lowest BCUT2D eigenvalue weighted by Gasteiger charge is -2.07. The fourth-order valence-corrected chi connectivity index (χ4v) is 1.30.